The molecule has 2 heterocycles. The summed E-state index contributed by atoms with van der Waals surface area (Å²) in [7, 11) is -3.66. The number of carbonyl (C=O) groups is 1. The van der Waals surface area contributed by atoms with Crippen molar-refractivity contribution in [3.8, 4) is 5.69 Å². The van der Waals surface area contributed by atoms with Gasteiger partial charge in [0.25, 0.3) is 5.91 Å². The first kappa shape index (κ1) is 20.8. The Morgan fingerprint density at radius 3 is 2.37 bits per heavy atom. The van der Waals surface area contributed by atoms with E-state index < -0.39 is 10.0 Å². The number of aromatic amines is 1. The van der Waals surface area contributed by atoms with Gasteiger partial charge < -0.3 is 9.88 Å². The number of piperazine rings is 1. The summed E-state index contributed by atoms with van der Waals surface area (Å²) >= 11 is 11.3. The number of aromatic nitrogens is 2. The highest BCUT2D eigenvalue weighted by Crippen LogP contribution is 2.22. The van der Waals surface area contributed by atoms with Gasteiger partial charge in [0.15, 0.2) is 4.77 Å². The molecule has 0 unspecified atom stereocenters. The fraction of sp³-hybridized carbons (Fsp3) is 0.200. The lowest BCUT2D eigenvalue weighted by Crippen LogP contribution is -2.50. The van der Waals surface area contributed by atoms with Crippen LogP contribution in [0.1, 0.15) is 10.5 Å². The second-order valence-electron chi connectivity index (χ2n) is 6.80. The fourth-order valence-electron chi connectivity index (χ4n) is 3.43. The average Bonchev–Trinajstić information content (AvgIpc) is 3.15. The highest BCUT2D eigenvalue weighted by atomic mass is 35.5. The van der Waals surface area contributed by atoms with Crippen LogP contribution in [0, 0.1) is 4.77 Å². The Morgan fingerprint density at radius 1 is 1.00 bits per heavy atom. The topological polar surface area (TPSA) is 78.4 Å². The smallest absolute Gasteiger partial charge is 0.272 e. The Bertz CT molecular complexity index is 1230. The van der Waals surface area contributed by atoms with Crippen LogP contribution in [-0.4, -0.2) is 59.3 Å². The summed E-state index contributed by atoms with van der Waals surface area (Å²) in [6.45, 7) is 0.977. The number of imidazole rings is 1. The number of para-hydroxylation sites is 1. The molecule has 0 atom stereocenters. The van der Waals surface area contributed by atoms with E-state index in [0.29, 0.717) is 15.5 Å². The third kappa shape index (κ3) is 3.93. The zero-order chi connectivity index (χ0) is 21.3. The normalized spacial score (nSPS) is 15.3. The van der Waals surface area contributed by atoms with Gasteiger partial charge in [-0.25, -0.2) is 8.42 Å². The number of nitrogens with one attached hydrogen (secondary N) is 1. The summed E-state index contributed by atoms with van der Waals surface area (Å²) < 4.78 is 29.2. The van der Waals surface area contributed by atoms with E-state index in [1.165, 1.54) is 16.4 Å². The van der Waals surface area contributed by atoms with Crippen LogP contribution < -0.4 is 0 Å². The molecule has 1 aliphatic heterocycles. The summed E-state index contributed by atoms with van der Waals surface area (Å²) in [6.07, 6.45) is 1.59. The number of rotatable bonds is 4. The number of sulfonamides is 1. The first-order valence-corrected chi connectivity index (χ1v) is 11.5. The first-order chi connectivity index (χ1) is 14.4. The van der Waals surface area contributed by atoms with Crippen molar-refractivity contribution in [1.29, 1.82) is 0 Å². The zero-order valence-corrected chi connectivity index (χ0v) is 18.3. The summed E-state index contributed by atoms with van der Waals surface area (Å²) in [5.41, 5.74) is 1.20. The maximum absolute atomic E-state index is 13.1. The molecule has 1 saturated heterocycles. The lowest BCUT2D eigenvalue weighted by molar-refractivity contribution is 0.0689. The van der Waals surface area contributed by atoms with Gasteiger partial charge in [-0.1, -0.05) is 35.9 Å². The van der Waals surface area contributed by atoms with Gasteiger partial charge in [0.1, 0.15) is 5.69 Å². The van der Waals surface area contributed by atoms with Crippen LogP contribution in [0.3, 0.4) is 0 Å². The molecule has 3 aromatic rings. The molecule has 0 spiro atoms. The molecular weight excluding hydrogens is 444 g/mol. The van der Waals surface area contributed by atoms with Gasteiger partial charge in [0, 0.05) is 43.1 Å². The molecule has 4 rings (SSSR count). The van der Waals surface area contributed by atoms with E-state index in [0.717, 1.165) is 5.69 Å². The van der Waals surface area contributed by atoms with E-state index in [1.54, 1.807) is 27.8 Å². The van der Waals surface area contributed by atoms with Crippen molar-refractivity contribution in [2.75, 3.05) is 26.2 Å². The van der Waals surface area contributed by atoms with Gasteiger partial charge in [0.2, 0.25) is 10.0 Å². The van der Waals surface area contributed by atoms with Crippen LogP contribution in [0.4, 0.5) is 0 Å². The molecule has 0 bridgehead atoms. The molecule has 2 aromatic carbocycles. The molecule has 1 aliphatic rings. The Morgan fingerprint density at radius 2 is 1.70 bits per heavy atom. The Kier molecular flexibility index (Phi) is 5.79. The SMILES string of the molecule is O=C(c1c[nH]c(=S)n1-c1ccccc1)N1CCN(S(=O)(=O)c2cccc(Cl)c2)CC1. The monoisotopic (exact) mass is 462 g/mol. The maximum atomic E-state index is 13.1. The molecule has 1 amide bonds. The minimum atomic E-state index is -3.66. The summed E-state index contributed by atoms with van der Waals surface area (Å²) in [5.74, 6) is -0.203. The third-order valence-electron chi connectivity index (χ3n) is 4.97. The Balaban J connectivity index is 1.52. The molecule has 1 aromatic heterocycles. The van der Waals surface area contributed by atoms with Crippen molar-refractivity contribution in [3.05, 3.63) is 76.3 Å². The van der Waals surface area contributed by atoms with E-state index in [-0.39, 0.29) is 37.0 Å². The van der Waals surface area contributed by atoms with E-state index in [1.807, 2.05) is 30.3 Å². The van der Waals surface area contributed by atoms with Crippen molar-refractivity contribution in [2.24, 2.45) is 0 Å². The van der Waals surface area contributed by atoms with E-state index >= 15 is 0 Å². The Hall–Kier alpha value is -2.46. The van der Waals surface area contributed by atoms with Crippen LogP contribution in [0.25, 0.3) is 5.69 Å². The number of amides is 1. The molecule has 0 aliphatic carbocycles. The molecule has 0 saturated carbocycles. The predicted molar refractivity (Wildman–Crippen MR) is 117 cm³/mol. The zero-order valence-electron chi connectivity index (χ0n) is 15.9. The van der Waals surface area contributed by atoms with Gasteiger partial charge in [0.05, 0.1) is 4.90 Å². The molecule has 156 valence electrons. The molecular formula is C20H19ClN4O3S2. The number of benzene rings is 2. The quantitative estimate of drug-likeness (QED) is 0.603. The number of nitrogens with zero attached hydrogens (tertiary/aromatic N) is 3. The lowest BCUT2D eigenvalue weighted by atomic mass is 10.3. The van der Waals surface area contributed by atoms with Crippen molar-refractivity contribution >= 4 is 39.7 Å². The van der Waals surface area contributed by atoms with Gasteiger partial charge >= 0.3 is 0 Å². The number of halogens is 1. The summed E-state index contributed by atoms with van der Waals surface area (Å²) in [4.78, 5) is 17.8. The molecule has 10 heteroatoms. The Labute approximate surface area is 184 Å². The predicted octanol–water partition coefficient (Wildman–Crippen LogP) is 3.33. The van der Waals surface area contributed by atoms with Crippen LogP contribution >= 0.6 is 23.8 Å². The van der Waals surface area contributed by atoms with Gasteiger partial charge in [-0.05, 0) is 42.5 Å². The van der Waals surface area contributed by atoms with Gasteiger partial charge in [-0.3, -0.25) is 9.36 Å². The molecule has 1 N–H and O–H groups in total. The molecule has 7 nitrogen and oxygen atoms in total. The van der Waals surface area contributed by atoms with E-state index in [2.05, 4.69) is 4.98 Å². The first-order valence-electron chi connectivity index (χ1n) is 9.29. The summed E-state index contributed by atoms with van der Waals surface area (Å²) in [6, 6.07) is 15.6. The lowest BCUT2D eigenvalue weighted by Gasteiger charge is -2.34. The minimum Gasteiger partial charge on any atom is -0.336 e. The number of carbonyl (C=O) groups excluding carboxylic acids is 1. The van der Waals surface area contributed by atoms with Crippen LogP contribution in [0.15, 0.2) is 65.7 Å². The summed E-state index contributed by atoms with van der Waals surface area (Å²) in [5, 5.41) is 0.363. The second kappa shape index (κ2) is 8.35. The van der Waals surface area contributed by atoms with Crippen molar-refractivity contribution < 1.29 is 13.2 Å². The standard InChI is InChI=1S/C20H19ClN4O3S2/c21-15-5-4-8-17(13-15)30(27,28)24-11-9-23(10-12-24)19(26)18-14-22-20(29)25(18)16-6-2-1-3-7-16/h1-8,13-14H,9-12H2,(H,22,29). The van der Waals surface area contributed by atoms with Crippen LogP contribution in [0.5, 0.6) is 0 Å². The minimum absolute atomic E-state index is 0.151. The fourth-order valence-corrected chi connectivity index (χ4v) is 5.42. The van der Waals surface area contributed by atoms with Crippen LogP contribution in [-0.2, 0) is 10.0 Å². The second-order valence-corrected chi connectivity index (χ2v) is 9.56. The highest BCUT2D eigenvalue weighted by Gasteiger charge is 2.31. The maximum Gasteiger partial charge on any atom is 0.272 e. The largest absolute Gasteiger partial charge is 0.336 e. The molecule has 1 fully saturated rings. The van der Waals surface area contributed by atoms with Crippen molar-refractivity contribution in [1.82, 2.24) is 18.8 Å². The van der Waals surface area contributed by atoms with E-state index in [9.17, 15) is 13.2 Å². The third-order valence-corrected chi connectivity index (χ3v) is 7.40. The average molecular weight is 463 g/mol. The van der Waals surface area contributed by atoms with Crippen molar-refractivity contribution in [2.45, 2.75) is 4.90 Å². The van der Waals surface area contributed by atoms with Gasteiger partial charge in [-0.2, -0.15) is 4.31 Å². The molecule has 30 heavy (non-hydrogen) atoms. The number of H-pyrrole nitrogens is 1. The molecule has 0 radical (unpaired) electrons. The van der Waals surface area contributed by atoms with Crippen LogP contribution in [0.2, 0.25) is 5.02 Å². The number of hydrogen-bond acceptors (Lipinski definition) is 4. The van der Waals surface area contributed by atoms with Crippen molar-refractivity contribution in [3.63, 3.8) is 0 Å². The van der Waals surface area contributed by atoms with Gasteiger partial charge in [-0.15, -0.1) is 0 Å². The van der Waals surface area contributed by atoms with E-state index in [4.69, 9.17) is 23.8 Å². The highest BCUT2D eigenvalue weighted by molar-refractivity contribution is 7.89. The number of hydrogen-bond donors (Lipinski definition) is 1.